The van der Waals surface area contributed by atoms with E-state index in [1.807, 2.05) is 12.1 Å². The minimum Gasteiger partial charge on any atom is -0.481 e. The van der Waals surface area contributed by atoms with E-state index in [4.69, 9.17) is 5.11 Å². The molecule has 1 aromatic carbocycles. The van der Waals surface area contributed by atoms with E-state index >= 15 is 0 Å². The molecule has 2 saturated carbocycles. The normalized spacial score (nSPS) is 32.0. The molecule has 3 rings (SSSR count). The van der Waals surface area contributed by atoms with Gasteiger partial charge in [-0.1, -0.05) is 18.6 Å². The first kappa shape index (κ1) is 15.5. The van der Waals surface area contributed by atoms with E-state index < -0.39 is 5.97 Å². The molecule has 2 N–H and O–H groups in total. The second-order valence-electron chi connectivity index (χ2n) is 6.75. The van der Waals surface area contributed by atoms with E-state index in [9.17, 15) is 9.18 Å². The number of nitrogens with one attached hydrogen (secondary N) is 1. The van der Waals surface area contributed by atoms with E-state index in [1.54, 1.807) is 12.1 Å². The molecule has 120 valence electrons. The third kappa shape index (κ3) is 3.49. The van der Waals surface area contributed by atoms with Crippen LogP contribution >= 0.6 is 0 Å². The highest BCUT2D eigenvalue weighted by molar-refractivity contribution is 5.70. The molecule has 0 aliphatic heterocycles. The second kappa shape index (κ2) is 6.78. The molecule has 0 amide bonds. The highest BCUT2D eigenvalue weighted by Gasteiger charge is 2.32. The van der Waals surface area contributed by atoms with Crippen LogP contribution in [-0.2, 0) is 4.79 Å². The standard InChI is InChI=1S/C18H24FNO2/c19-14-8-4-12(5-9-14)16-2-1-3-17(16)20-15-10-6-13(7-11-15)18(21)22/h4-5,8-9,13,15-17,20H,1-3,6-7,10-11H2,(H,21,22). The van der Waals surface area contributed by atoms with Crippen molar-refractivity contribution in [2.75, 3.05) is 0 Å². The minimum atomic E-state index is -0.650. The van der Waals surface area contributed by atoms with Crippen molar-refractivity contribution >= 4 is 5.97 Å². The first-order valence-corrected chi connectivity index (χ1v) is 8.38. The van der Waals surface area contributed by atoms with Crippen LogP contribution in [-0.4, -0.2) is 23.2 Å². The molecule has 1 aromatic rings. The average Bonchev–Trinajstić information content (AvgIpc) is 2.97. The van der Waals surface area contributed by atoms with Crippen molar-refractivity contribution < 1.29 is 14.3 Å². The van der Waals surface area contributed by atoms with Gasteiger partial charge < -0.3 is 10.4 Å². The van der Waals surface area contributed by atoms with E-state index in [0.29, 0.717) is 18.0 Å². The highest BCUT2D eigenvalue weighted by Crippen LogP contribution is 2.36. The summed E-state index contributed by atoms with van der Waals surface area (Å²) in [5, 5.41) is 12.8. The van der Waals surface area contributed by atoms with E-state index in [0.717, 1.165) is 38.5 Å². The van der Waals surface area contributed by atoms with Crippen LogP contribution in [0, 0.1) is 11.7 Å². The van der Waals surface area contributed by atoms with Crippen LogP contribution in [0.2, 0.25) is 0 Å². The van der Waals surface area contributed by atoms with Gasteiger partial charge in [0.2, 0.25) is 0 Å². The molecule has 2 fully saturated rings. The van der Waals surface area contributed by atoms with Crippen LogP contribution in [0.5, 0.6) is 0 Å². The lowest BCUT2D eigenvalue weighted by molar-refractivity contribution is -0.142. The number of carboxylic acids is 1. The van der Waals surface area contributed by atoms with Crippen LogP contribution in [0.15, 0.2) is 24.3 Å². The van der Waals surface area contributed by atoms with Crippen LogP contribution in [0.4, 0.5) is 4.39 Å². The van der Waals surface area contributed by atoms with Gasteiger partial charge in [-0.25, -0.2) is 4.39 Å². The Morgan fingerprint density at radius 2 is 1.73 bits per heavy atom. The fraction of sp³-hybridized carbons (Fsp3) is 0.611. The van der Waals surface area contributed by atoms with Gasteiger partial charge in [-0.2, -0.15) is 0 Å². The van der Waals surface area contributed by atoms with Crippen molar-refractivity contribution in [1.29, 1.82) is 0 Å². The zero-order chi connectivity index (χ0) is 15.5. The van der Waals surface area contributed by atoms with Gasteiger partial charge in [0.15, 0.2) is 0 Å². The first-order chi connectivity index (χ1) is 10.6. The summed E-state index contributed by atoms with van der Waals surface area (Å²) in [5.74, 6) is -0.533. The fourth-order valence-electron chi connectivity index (χ4n) is 4.08. The van der Waals surface area contributed by atoms with E-state index in [-0.39, 0.29) is 11.7 Å². The molecule has 2 aliphatic rings. The molecule has 22 heavy (non-hydrogen) atoms. The summed E-state index contributed by atoms with van der Waals surface area (Å²) in [6.07, 6.45) is 6.95. The monoisotopic (exact) mass is 305 g/mol. The lowest BCUT2D eigenvalue weighted by Crippen LogP contribution is -2.42. The Morgan fingerprint density at radius 3 is 2.36 bits per heavy atom. The fourth-order valence-corrected chi connectivity index (χ4v) is 4.08. The number of benzene rings is 1. The Bertz CT molecular complexity index is 508. The van der Waals surface area contributed by atoms with Crippen molar-refractivity contribution in [3.63, 3.8) is 0 Å². The number of rotatable bonds is 4. The van der Waals surface area contributed by atoms with Gasteiger partial charge in [0.25, 0.3) is 0 Å². The Hall–Kier alpha value is -1.42. The summed E-state index contributed by atoms with van der Waals surface area (Å²) in [4.78, 5) is 11.0. The van der Waals surface area contributed by atoms with Crippen LogP contribution in [0.25, 0.3) is 0 Å². The van der Waals surface area contributed by atoms with Gasteiger partial charge >= 0.3 is 5.97 Å². The molecule has 2 atom stereocenters. The van der Waals surface area contributed by atoms with Crippen LogP contribution in [0.1, 0.15) is 56.4 Å². The second-order valence-corrected chi connectivity index (χ2v) is 6.75. The maximum Gasteiger partial charge on any atom is 0.306 e. The molecule has 0 bridgehead atoms. The van der Waals surface area contributed by atoms with Crippen LogP contribution < -0.4 is 5.32 Å². The maximum absolute atomic E-state index is 13.1. The lowest BCUT2D eigenvalue weighted by Gasteiger charge is -2.32. The largest absolute Gasteiger partial charge is 0.481 e. The molecule has 0 heterocycles. The molecular formula is C18H24FNO2. The van der Waals surface area contributed by atoms with Gasteiger partial charge in [-0.15, -0.1) is 0 Å². The van der Waals surface area contributed by atoms with Gasteiger partial charge in [-0.3, -0.25) is 4.79 Å². The molecule has 4 heteroatoms. The molecule has 0 radical (unpaired) electrons. The van der Waals surface area contributed by atoms with E-state index in [1.165, 1.54) is 12.0 Å². The van der Waals surface area contributed by atoms with Crippen molar-refractivity contribution in [1.82, 2.24) is 5.32 Å². The van der Waals surface area contributed by atoms with Gasteiger partial charge in [0.1, 0.15) is 5.82 Å². The van der Waals surface area contributed by atoms with Gasteiger partial charge in [-0.05, 0) is 62.1 Å². The summed E-state index contributed by atoms with van der Waals surface area (Å²) in [7, 11) is 0. The molecule has 2 aliphatic carbocycles. The molecule has 0 spiro atoms. The topological polar surface area (TPSA) is 49.3 Å². The number of hydrogen-bond donors (Lipinski definition) is 2. The zero-order valence-electron chi connectivity index (χ0n) is 12.8. The lowest BCUT2D eigenvalue weighted by atomic mass is 9.85. The van der Waals surface area contributed by atoms with Crippen molar-refractivity contribution in [2.45, 2.75) is 62.9 Å². The smallest absolute Gasteiger partial charge is 0.306 e. The Labute approximate surface area is 130 Å². The first-order valence-electron chi connectivity index (χ1n) is 8.38. The summed E-state index contributed by atoms with van der Waals surface area (Å²) < 4.78 is 13.1. The summed E-state index contributed by atoms with van der Waals surface area (Å²) >= 11 is 0. The predicted molar refractivity (Wildman–Crippen MR) is 83.3 cm³/mol. The molecule has 0 saturated heterocycles. The van der Waals surface area contributed by atoms with Crippen molar-refractivity contribution in [3.8, 4) is 0 Å². The minimum absolute atomic E-state index is 0.158. The Balaban J connectivity index is 1.58. The van der Waals surface area contributed by atoms with Crippen molar-refractivity contribution in [3.05, 3.63) is 35.6 Å². The number of carbonyl (C=O) groups is 1. The number of aliphatic carboxylic acids is 1. The SMILES string of the molecule is O=C(O)C1CCC(NC2CCCC2c2ccc(F)cc2)CC1. The quantitative estimate of drug-likeness (QED) is 0.892. The summed E-state index contributed by atoms with van der Waals surface area (Å²) in [6, 6.07) is 7.77. The predicted octanol–water partition coefficient (Wildman–Crippen LogP) is 3.69. The number of hydrogen-bond acceptors (Lipinski definition) is 2. The maximum atomic E-state index is 13.1. The Morgan fingerprint density at radius 1 is 1.05 bits per heavy atom. The highest BCUT2D eigenvalue weighted by atomic mass is 19.1. The number of carboxylic acid groups (broad SMARTS) is 1. The molecular weight excluding hydrogens is 281 g/mol. The molecule has 3 nitrogen and oxygen atoms in total. The molecule has 0 aromatic heterocycles. The average molecular weight is 305 g/mol. The van der Waals surface area contributed by atoms with E-state index in [2.05, 4.69) is 5.32 Å². The third-order valence-corrected chi connectivity index (χ3v) is 5.34. The van der Waals surface area contributed by atoms with Crippen molar-refractivity contribution in [2.24, 2.45) is 5.92 Å². The third-order valence-electron chi connectivity index (χ3n) is 5.34. The summed E-state index contributed by atoms with van der Waals surface area (Å²) in [5.41, 5.74) is 1.22. The zero-order valence-corrected chi connectivity index (χ0v) is 12.8. The Kier molecular flexibility index (Phi) is 4.77. The summed E-state index contributed by atoms with van der Waals surface area (Å²) in [6.45, 7) is 0. The molecule has 2 unspecified atom stereocenters. The number of halogens is 1. The van der Waals surface area contributed by atoms with Crippen LogP contribution in [0.3, 0.4) is 0 Å². The van der Waals surface area contributed by atoms with Gasteiger partial charge in [0.05, 0.1) is 5.92 Å². The van der Waals surface area contributed by atoms with Gasteiger partial charge in [0, 0.05) is 12.1 Å².